The fraction of sp³-hybridized carbons (Fsp3) is 0.333. The van der Waals surface area contributed by atoms with Crippen LogP contribution in [0.2, 0.25) is 0 Å². The number of phenolic OH excluding ortho intramolecular Hbond substituents is 2. The third kappa shape index (κ3) is 1.74. The van der Waals surface area contributed by atoms with Crippen molar-refractivity contribution >= 4 is 10.8 Å². The summed E-state index contributed by atoms with van der Waals surface area (Å²) < 4.78 is 0. The summed E-state index contributed by atoms with van der Waals surface area (Å²) in [5.41, 5.74) is 1.36. The van der Waals surface area contributed by atoms with Crippen molar-refractivity contribution in [1.29, 1.82) is 0 Å². The van der Waals surface area contributed by atoms with Gasteiger partial charge in [-0.3, -0.25) is 0 Å². The van der Waals surface area contributed by atoms with Crippen molar-refractivity contribution in [3.8, 4) is 11.5 Å². The lowest BCUT2D eigenvalue weighted by atomic mass is 9.95. The Morgan fingerprint density at radius 1 is 0.941 bits per heavy atom. The van der Waals surface area contributed by atoms with Crippen LogP contribution in [0.15, 0.2) is 30.3 Å². The lowest BCUT2D eigenvalue weighted by Crippen LogP contribution is -1.91. The zero-order valence-corrected chi connectivity index (χ0v) is 9.69. The molecule has 0 unspecified atom stereocenters. The maximum absolute atomic E-state index is 9.76. The molecule has 88 valence electrons. The molecule has 2 heteroatoms. The molecule has 0 heterocycles. The van der Waals surface area contributed by atoms with Crippen LogP contribution >= 0.6 is 0 Å². The molecule has 1 aliphatic rings. The van der Waals surface area contributed by atoms with E-state index >= 15 is 0 Å². The van der Waals surface area contributed by atoms with Crippen molar-refractivity contribution < 1.29 is 10.2 Å². The van der Waals surface area contributed by atoms with Crippen molar-refractivity contribution in [1.82, 2.24) is 0 Å². The first-order valence-corrected chi connectivity index (χ1v) is 6.20. The van der Waals surface area contributed by atoms with E-state index < -0.39 is 0 Å². The molecule has 0 radical (unpaired) electrons. The summed E-state index contributed by atoms with van der Waals surface area (Å²) in [5, 5.41) is 20.9. The van der Waals surface area contributed by atoms with E-state index in [4.69, 9.17) is 0 Å². The summed E-state index contributed by atoms with van der Waals surface area (Å²) >= 11 is 0. The van der Waals surface area contributed by atoms with E-state index in [1.807, 2.05) is 12.1 Å². The Kier molecular flexibility index (Phi) is 2.43. The molecular formula is C15H16O2. The Balaban J connectivity index is 2.10. The summed E-state index contributed by atoms with van der Waals surface area (Å²) in [6.45, 7) is 0. The number of benzene rings is 2. The van der Waals surface area contributed by atoms with Crippen molar-refractivity contribution in [2.45, 2.75) is 31.6 Å². The summed E-state index contributed by atoms with van der Waals surface area (Å²) in [5.74, 6) is 0.613. The van der Waals surface area contributed by atoms with Gasteiger partial charge in [0.2, 0.25) is 0 Å². The van der Waals surface area contributed by atoms with Crippen LogP contribution in [0.3, 0.4) is 0 Å². The first-order chi connectivity index (χ1) is 8.25. The van der Waals surface area contributed by atoms with E-state index in [0.717, 1.165) is 10.8 Å². The van der Waals surface area contributed by atoms with Gasteiger partial charge < -0.3 is 10.2 Å². The van der Waals surface area contributed by atoms with Gasteiger partial charge in [-0.2, -0.15) is 0 Å². The van der Waals surface area contributed by atoms with Gasteiger partial charge in [0.05, 0.1) is 0 Å². The minimum atomic E-state index is -0.0499. The van der Waals surface area contributed by atoms with Crippen LogP contribution in [0.1, 0.15) is 37.2 Å². The van der Waals surface area contributed by atoms with Crippen LogP contribution in [0, 0.1) is 0 Å². The summed E-state index contributed by atoms with van der Waals surface area (Å²) in [4.78, 5) is 0. The Morgan fingerprint density at radius 3 is 2.47 bits per heavy atom. The Bertz CT molecular complexity index is 554. The Labute approximate surface area is 101 Å². The highest BCUT2D eigenvalue weighted by atomic mass is 16.3. The van der Waals surface area contributed by atoms with Crippen LogP contribution in [0.4, 0.5) is 0 Å². The fourth-order valence-corrected chi connectivity index (χ4v) is 2.83. The highest BCUT2D eigenvalue weighted by Crippen LogP contribution is 2.38. The van der Waals surface area contributed by atoms with Crippen LogP contribution in [0.25, 0.3) is 10.8 Å². The number of aromatic hydroxyl groups is 2. The molecule has 0 amide bonds. The lowest BCUT2D eigenvalue weighted by molar-refractivity contribution is 0.408. The first-order valence-electron chi connectivity index (χ1n) is 6.20. The van der Waals surface area contributed by atoms with Crippen molar-refractivity contribution in [2.24, 2.45) is 0 Å². The first kappa shape index (κ1) is 10.5. The van der Waals surface area contributed by atoms with Gasteiger partial charge in [-0.05, 0) is 35.8 Å². The zero-order valence-electron chi connectivity index (χ0n) is 9.69. The Hall–Kier alpha value is -1.70. The third-order valence-electron chi connectivity index (χ3n) is 3.82. The van der Waals surface area contributed by atoms with Crippen molar-refractivity contribution in [3.05, 3.63) is 35.9 Å². The molecule has 1 aliphatic carbocycles. The monoisotopic (exact) mass is 228 g/mol. The predicted molar refractivity (Wildman–Crippen MR) is 68.5 cm³/mol. The van der Waals surface area contributed by atoms with Gasteiger partial charge in [0, 0.05) is 5.39 Å². The van der Waals surface area contributed by atoms with Gasteiger partial charge in [-0.1, -0.05) is 37.1 Å². The number of rotatable bonds is 1. The van der Waals surface area contributed by atoms with E-state index in [1.165, 1.54) is 31.2 Å². The second kappa shape index (κ2) is 3.95. The van der Waals surface area contributed by atoms with Crippen molar-refractivity contribution in [3.63, 3.8) is 0 Å². The van der Waals surface area contributed by atoms with E-state index in [1.54, 1.807) is 6.07 Å². The second-order valence-corrected chi connectivity index (χ2v) is 4.90. The number of fused-ring (bicyclic) bond motifs is 1. The van der Waals surface area contributed by atoms with Crippen LogP contribution in [-0.2, 0) is 0 Å². The molecule has 0 saturated heterocycles. The van der Waals surface area contributed by atoms with Crippen molar-refractivity contribution in [2.75, 3.05) is 0 Å². The van der Waals surface area contributed by atoms with Crippen LogP contribution in [-0.4, -0.2) is 10.2 Å². The molecule has 0 atom stereocenters. The third-order valence-corrected chi connectivity index (χ3v) is 3.82. The lowest BCUT2D eigenvalue weighted by Gasteiger charge is -2.11. The molecule has 17 heavy (non-hydrogen) atoms. The van der Waals surface area contributed by atoms with Gasteiger partial charge >= 0.3 is 0 Å². The summed E-state index contributed by atoms with van der Waals surface area (Å²) in [6, 6.07) is 9.55. The highest BCUT2D eigenvalue weighted by molar-refractivity contribution is 5.90. The quantitative estimate of drug-likeness (QED) is 0.726. The summed E-state index contributed by atoms with van der Waals surface area (Å²) in [7, 11) is 0. The van der Waals surface area contributed by atoms with E-state index in [2.05, 4.69) is 12.1 Å². The normalized spacial score (nSPS) is 16.7. The molecule has 0 spiro atoms. The van der Waals surface area contributed by atoms with Gasteiger partial charge in [-0.15, -0.1) is 0 Å². The maximum Gasteiger partial charge on any atom is 0.165 e. The number of hydrogen-bond acceptors (Lipinski definition) is 2. The van der Waals surface area contributed by atoms with E-state index in [-0.39, 0.29) is 11.5 Å². The molecule has 0 aliphatic heterocycles. The number of phenols is 2. The molecule has 2 aromatic carbocycles. The van der Waals surface area contributed by atoms with Crippen LogP contribution in [0.5, 0.6) is 11.5 Å². The molecule has 2 nitrogen and oxygen atoms in total. The molecule has 2 aromatic rings. The Morgan fingerprint density at radius 2 is 1.71 bits per heavy atom. The molecule has 1 saturated carbocycles. The highest BCUT2D eigenvalue weighted by Gasteiger charge is 2.17. The van der Waals surface area contributed by atoms with E-state index in [9.17, 15) is 10.2 Å². The van der Waals surface area contributed by atoms with Gasteiger partial charge in [-0.25, -0.2) is 0 Å². The predicted octanol–water partition coefficient (Wildman–Crippen LogP) is 3.91. The van der Waals surface area contributed by atoms with Gasteiger partial charge in [0.15, 0.2) is 11.5 Å². The average molecular weight is 228 g/mol. The van der Waals surface area contributed by atoms with Crippen LogP contribution < -0.4 is 0 Å². The van der Waals surface area contributed by atoms with E-state index in [0.29, 0.717) is 5.92 Å². The minimum absolute atomic E-state index is 0.0135. The molecule has 0 bridgehead atoms. The fourth-order valence-electron chi connectivity index (χ4n) is 2.83. The molecule has 3 rings (SSSR count). The zero-order chi connectivity index (χ0) is 11.8. The standard InChI is InChI=1S/C15H16O2/c16-14-8-6-12-9-11(10-3-1-2-4-10)5-7-13(12)15(14)17/h5-10,16-17H,1-4H2. The topological polar surface area (TPSA) is 40.5 Å². The largest absolute Gasteiger partial charge is 0.504 e. The summed E-state index contributed by atoms with van der Waals surface area (Å²) in [6.07, 6.45) is 5.19. The van der Waals surface area contributed by atoms with Gasteiger partial charge in [0.1, 0.15) is 0 Å². The number of hydrogen-bond donors (Lipinski definition) is 2. The SMILES string of the molecule is Oc1ccc2cc(C3CCCC3)ccc2c1O. The molecule has 0 aromatic heterocycles. The van der Waals surface area contributed by atoms with Gasteiger partial charge in [0.25, 0.3) is 0 Å². The molecular weight excluding hydrogens is 212 g/mol. The molecule has 1 fully saturated rings. The smallest absolute Gasteiger partial charge is 0.165 e. The average Bonchev–Trinajstić information content (AvgIpc) is 2.87. The second-order valence-electron chi connectivity index (χ2n) is 4.90. The minimum Gasteiger partial charge on any atom is -0.504 e. The molecule has 2 N–H and O–H groups in total. The maximum atomic E-state index is 9.76.